The van der Waals surface area contributed by atoms with Gasteiger partial charge in [-0.2, -0.15) is 0 Å². The van der Waals surface area contributed by atoms with Crippen LogP contribution in [0.3, 0.4) is 0 Å². The van der Waals surface area contributed by atoms with E-state index in [1.165, 1.54) is 0 Å². The minimum absolute atomic E-state index is 0.0768. The molecule has 0 aromatic heterocycles. The highest BCUT2D eigenvalue weighted by atomic mass is 16.2. The van der Waals surface area contributed by atoms with Crippen molar-refractivity contribution in [2.45, 2.75) is 31.3 Å². The van der Waals surface area contributed by atoms with E-state index in [1.54, 1.807) is 0 Å². The molecule has 2 fully saturated rings. The summed E-state index contributed by atoms with van der Waals surface area (Å²) in [7, 11) is 0. The maximum absolute atomic E-state index is 12.3. The Morgan fingerprint density at radius 3 is 2.43 bits per heavy atom. The van der Waals surface area contributed by atoms with E-state index in [1.807, 2.05) is 42.2 Å². The highest BCUT2D eigenvalue weighted by molar-refractivity contribution is 6.07. The van der Waals surface area contributed by atoms with Gasteiger partial charge in [0.15, 0.2) is 0 Å². The van der Waals surface area contributed by atoms with Crippen LogP contribution in [0.15, 0.2) is 30.3 Å². The standard InChI is InChI=1S/C16H20N4O3/c1-11(13(21)17-12-5-3-2-4-6-12)20-9-7-16(8-10-20)14(22)18-15(23)19-16/h2-6,11H,7-10H2,1H3,(H,17,21)(H2,18,19,22,23). The van der Waals surface area contributed by atoms with Crippen molar-refractivity contribution in [2.75, 3.05) is 18.4 Å². The van der Waals surface area contributed by atoms with E-state index < -0.39 is 11.6 Å². The summed E-state index contributed by atoms with van der Waals surface area (Å²) in [4.78, 5) is 37.6. The molecule has 1 atom stereocenters. The zero-order valence-electron chi connectivity index (χ0n) is 13.0. The van der Waals surface area contributed by atoms with Crippen molar-refractivity contribution in [3.05, 3.63) is 30.3 Å². The number of nitrogens with zero attached hydrogens (tertiary/aromatic N) is 1. The van der Waals surface area contributed by atoms with Gasteiger partial charge in [-0.3, -0.25) is 19.8 Å². The normalized spacial score (nSPS) is 21.6. The van der Waals surface area contributed by atoms with Crippen LogP contribution in [0.4, 0.5) is 10.5 Å². The molecule has 1 aromatic rings. The largest absolute Gasteiger partial charge is 0.325 e. The van der Waals surface area contributed by atoms with Crippen LogP contribution in [0.2, 0.25) is 0 Å². The third-order valence-corrected chi connectivity index (χ3v) is 4.63. The molecule has 122 valence electrons. The van der Waals surface area contributed by atoms with Crippen LogP contribution >= 0.6 is 0 Å². The second kappa shape index (κ2) is 6.00. The van der Waals surface area contributed by atoms with E-state index in [-0.39, 0.29) is 17.9 Å². The van der Waals surface area contributed by atoms with Gasteiger partial charge in [-0.1, -0.05) is 18.2 Å². The van der Waals surface area contributed by atoms with Gasteiger partial charge in [-0.05, 0) is 31.9 Å². The Balaban J connectivity index is 1.58. The third-order valence-electron chi connectivity index (χ3n) is 4.63. The maximum atomic E-state index is 12.3. The molecule has 7 heteroatoms. The summed E-state index contributed by atoms with van der Waals surface area (Å²) < 4.78 is 0. The molecule has 3 N–H and O–H groups in total. The van der Waals surface area contributed by atoms with Gasteiger partial charge in [0.2, 0.25) is 5.91 Å². The summed E-state index contributed by atoms with van der Waals surface area (Å²) in [5, 5.41) is 7.90. The monoisotopic (exact) mass is 316 g/mol. The van der Waals surface area contributed by atoms with E-state index in [0.717, 1.165) is 5.69 Å². The topological polar surface area (TPSA) is 90.5 Å². The number of para-hydroxylation sites is 1. The molecular weight excluding hydrogens is 296 g/mol. The number of piperidine rings is 1. The number of urea groups is 1. The molecule has 2 saturated heterocycles. The molecule has 2 heterocycles. The number of benzene rings is 1. The molecule has 1 spiro atoms. The molecule has 1 unspecified atom stereocenters. The van der Waals surface area contributed by atoms with Crippen molar-refractivity contribution in [3.8, 4) is 0 Å². The average molecular weight is 316 g/mol. The van der Waals surface area contributed by atoms with Gasteiger partial charge in [-0.15, -0.1) is 0 Å². The van der Waals surface area contributed by atoms with Gasteiger partial charge in [0.1, 0.15) is 5.54 Å². The quantitative estimate of drug-likeness (QED) is 0.716. The number of carbonyl (C=O) groups excluding carboxylic acids is 3. The van der Waals surface area contributed by atoms with Gasteiger partial charge in [0, 0.05) is 18.8 Å². The fourth-order valence-electron chi connectivity index (χ4n) is 3.11. The number of amides is 4. The number of imide groups is 1. The summed E-state index contributed by atoms with van der Waals surface area (Å²) >= 11 is 0. The molecule has 0 saturated carbocycles. The molecule has 4 amide bonds. The Morgan fingerprint density at radius 1 is 1.22 bits per heavy atom. The van der Waals surface area contributed by atoms with Crippen molar-refractivity contribution in [2.24, 2.45) is 0 Å². The second-order valence-corrected chi connectivity index (χ2v) is 6.06. The minimum Gasteiger partial charge on any atom is -0.325 e. The number of anilines is 1. The summed E-state index contributed by atoms with van der Waals surface area (Å²) in [6.07, 6.45) is 1.01. The molecule has 2 aliphatic heterocycles. The van der Waals surface area contributed by atoms with Gasteiger partial charge < -0.3 is 10.6 Å². The van der Waals surface area contributed by atoms with Crippen molar-refractivity contribution in [1.29, 1.82) is 0 Å². The molecular formula is C16H20N4O3. The van der Waals surface area contributed by atoms with Crippen molar-refractivity contribution < 1.29 is 14.4 Å². The first-order valence-corrected chi connectivity index (χ1v) is 7.74. The number of carbonyl (C=O) groups is 3. The maximum Gasteiger partial charge on any atom is 0.322 e. The van der Waals surface area contributed by atoms with Crippen molar-refractivity contribution >= 4 is 23.5 Å². The van der Waals surface area contributed by atoms with Crippen LogP contribution < -0.4 is 16.0 Å². The predicted octanol–water partition coefficient (Wildman–Crippen LogP) is 0.688. The molecule has 0 radical (unpaired) electrons. The molecule has 0 bridgehead atoms. The van der Waals surface area contributed by atoms with Crippen LogP contribution in [0.5, 0.6) is 0 Å². The number of likely N-dealkylation sites (tertiary alicyclic amines) is 1. The van der Waals surface area contributed by atoms with Crippen LogP contribution in [0.25, 0.3) is 0 Å². The fourth-order valence-corrected chi connectivity index (χ4v) is 3.11. The summed E-state index contributed by atoms with van der Waals surface area (Å²) in [6, 6.07) is 8.58. The second-order valence-electron chi connectivity index (χ2n) is 6.06. The lowest BCUT2D eigenvalue weighted by Gasteiger charge is -2.39. The van der Waals surface area contributed by atoms with Crippen LogP contribution in [0, 0.1) is 0 Å². The summed E-state index contributed by atoms with van der Waals surface area (Å²) in [5.74, 6) is -0.337. The predicted molar refractivity (Wildman–Crippen MR) is 84.7 cm³/mol. The van der Waals surface area contributed by atoms with E-state index in [4.69, 9.17) is 0 Å². The van der Waals surface area contributed by atoms with Gasteiger partial charge in [0.25, 0.3) is 5.91 Å². The molecule has 1 aromatic carbocycles. The number of hydrogen-bond acceptors (Lipinski definition) is 4. The Morgan fingerprint density at radius 2 is 1.87 bits per heavy atom. The zero-order chi connectivity index (χ0) is 16.4. The summed E-state index contributed by atoms with van der Waals surface area (Å²) in [5.41, 5.74) is -0.0382. The Bertz CT molecular complexity index is 623. The first-order chi connectivity index (χ1) is 11.0. The Labute approximate surface area is 134 Å². The molecule has 3 rings (SSSR count). The van der Waals surface area contributed by atoms with E-state index in [0.29, 0.717) is 25.9 Å². The average Bonchev–Trinajstić information content (AvgIpc) is 2.82. The van der Waals surface area contributed by atoms with Crippen molar-refractivity contribution in [1.82, 2.24) is 15.5 Å². The smallest absolute Gasteiger partial charge is 0.322 e. The van der Waals surface area contributed by atoms with E-state index >= 15 is 0 Å². The summed E-state index contributed by atoms with van der Waals surface area (Å²) in [6.45, 7) is 3.01. The van der Waals surface area contributed by atoms with Crippen LogP contribution in [-0.2, 0) is 9.59 Å². The number of rotatable bonds is 3. The third kappa shape index (κ3) is 3.05. The SMILES string of the molecule is CC(C(=O)Nc1ccccc1)N1CCC2(CC1)NC(=O)NC2=O. The van der Waals surface area contributed by atoms with Gasteiger partial charge in [-0.25, -0.2) is 4.79 Å². The van der Waals surface area contributed by atoms with Crippen molar-refractivity contribution in [3.63, 3.8) is 0 Å². The molecule has 7 nitrogen and oxygen atoms in total. The lowest BCUT2D eigenvalue weighted by Crippen LogP contribution is -2.57. The zero-order valence-corrected chi connectivity index (χ0v) is 13.0. The van der Waals surface area contributed by atoms with E-state index in [9.17, 15) is 14.4 Å². The highest BCUT2D eigenvalue weighted by Gasteiger charge is 2.48. The molecule has 23 heavy (non-hydrogen) atoms. The minimum atomic E-state index is -0.802. The lowest BCUT2D eigenvalue weighted by atomic mass is 9.87. The Kier molecular flexibility index (Phi) is 4.04. The van der Waals surface area contributed by atoms with Gasteiger partial charge >= 0.3 is 6.03 Å². The first kappa shape index (κ1) is 15.5. The first-order valence-electron chi connectivity index (χ1n) is 7.74. The number of hydrogen-bond donors (Lipinski definition) is 3. The Hall–Kier alpha value is -2.41. The fraction of sp³-hybridized carbons (Fsp3) is 0.438. The number of nitrogens with one attached hydrogen (secondary N) is 3. The van der Waals surface area contributed by atoms with E-state index in [2.05, 4.69) is 16.0 Å². The lowest BCUT2D eigenvalue weighted by molar-refractivity contribution is -0.126. The highest BCUT2D eigenvalue weighted by Crippen LogP contribution is 2.26. The van der Waals surface area contributed by atoms with Crippen LogP contribution in [-0.4, -0.2) is 47.4 Å². The molecule has 2 aliphatic rings. The molecule has 0 aliphatic carbocycles. The van der Waals surface area contributed by atoms with Crippen LogP contribution in [0.1, 0.15) is 19.8 Å². The van der Waals surface area contributed by atoms with Gasteiger partial charge in [0.05, 0.1) is 6.04 Å².